The van der Waals surface area contributed by atoms with Crippen LogP contribution in [0.4, 0.5) is 0 Å². The zero-order valence-corrected chi connectivity index (χ0v) is 7.14. The highest BCUT2D eigenvalue weighted by molar-refractivity contribution is 5.05. The van der Waals surface area contributed by atoms with E-state index in [4.69, 9.17) is 5.11 Å². The molecule has 2 aliphatic rings. The Hall–Kier alpha value is -0.0800. The fourth-order valence-corrected chi connectivity index (χ4v) is 2.80. The minimum Gasteiger partial charge on any atom is -0.395 e. The minimum absolute atomic E-state index is 0.324. The van der Waals surface area contributed by atoms with Gasteiger partial charge in [-0.25, -0.2) is 0 Å². The molecule has 1 saturated carbocycles. The second-order valence-corrected chi connectivity index (χ2v) is 4.11. The molecule has 2 heteroatoms. The molecule has 0 bridgehead atoms. The molecule has 2 fully saturated rings. The van der Waals surface area contributed by atoms with Crippen molar-refractivity contribution < 1.29 is 5.11 Å². The average Bonchev–Trinajstić information content (AvgIpc) is 2.46. The van der Waals surface area contributed by atoms with Crippen molar-refractivity contribution in [2.24, 2.45) is 11.3 Å². The molecule has 0 aromatic carbocycles. The molecule has 11 heavy (non-hydrogen) atoms. The van der Waals surface area contributed by atoms with Gasteiger partial charge in [0.1, 0.15) is 0 Å². The van der Waals surface area contributed by atoms with Crippen molar-refractivity contribution in [2.45, 2.75) is 32.2 Å². The first-order chi connectivity index (χ1) is 5.29. The maximum absolute atomic E-state index is 9.12. The number of hydrogen-bond donors (Lipinski definition) is 2. The summed E-state index contributed by atoms with van der Waals surface area (Å²) in [5.41, 5.74) is 0.481. The molecule has 1 aliphatic carbocycles. The van der Waals surface area contributed by atoms with Crippen LogP contribution < -0.4 is 5.32 Å². The van der Waals surface area contributed by atoms with E-state index in [1.807, 2.05) is 0 Å². The Labute approximate surface area is 68.0 Å². The molecular formula is C9H17NO. The van der Waals surface area contributed by atoms with Crippen molar-refractivity contribution in [3.8, 4) is 0 Å². The molecular weight excluding hydrogens is 138 g/mol. The number of nitrogens with one attached hydrogen (secondary N) is 1. The molecule has 0 aromatic heterocycles. The normalized spacial score (nSPS) is 49.6. The van der Waals surface area contributed by atoms with Crippen molar-refractivity contribution in [3.05, 3.63) is 0 Å². The third kappa shape index (κ3) is 0.859. The van der Waals surface area contributed by atoms with E-state index in [1.54, 1.807) is 0 Å². The fourth-order valence-electron chi connectivity index (χ4n) is 2.80. The molecule has 0 amide bonds. The standard InChI is InChI=1S/C9H17NO/c1-7-2-3-9(7)4-5-10-8(9)6-11/h7-8,10-11H,2-6H2,1H3. The first kappa shape index (κ1) is 7.56. The zero-order chi connectivity index (χ0) is 7.90. The third-order valence-corrected chi connectivity index (χ3v) is 3.88. The maximum atomic E-state index is 9.12. The molecule has 2 nitrogen and oxygen atoms in total. The van der Waals surface area contributed by atoms with Crippen molar-refractivity contribution in [2.75, 3.05) is 13.2 Å². The molecule has 0 radical (unpaired) electrons. The lowest BCUT2D eigenvalue weighted by molar-refractivity contribution is 0.00878. The summed E-state index contributed by atoms with van der Waals surface area (Å²) in [6.07, 6.45) is 3.96. The molecule has 1 spiro atoms. The van der Waals surface area contributed by atoms with Crippen LogP contribution in [0.2, 0.25) is 0 Å². The zero-order valence-electron chi connectivity index (χ0n) is 7.14. The van der Waals surface area contributed by atoms with Gasteiger partial charge in [0.25, 0.3) is 0 Å². The predicted molar refractivity (Wildman–Crippen MR) is 44.3 cm³/mol. The summed E-state index contributed by atoms with van der Waals surface area (Å²) in [4.78, 5) is 0. The summed E-state index contributed by atoms with van der Waals surface area (Å²) in [6, 6.07) is 0.395. The summed E-state index contributed by atoms with van der Waals surface area (Å²) in [5.74, 6) is 0.828. The van der Waals surface area contributed by atoms with Gasteiger partial charge < -0.3 is 10.4 Å². The van der Waals surface area contributed by atoms with Crippen LogP contribution in [0.1, 0.15) is 26.2 Å². The van der Waals surface area contributed by atoms with Crippen LogP contribution in [-0.2, 0) is 0 Å². The van der Waals surface area contributed by atoms with Crippen LogP contribution in [0.25, 0.3) is 0 Å². The van der Waals surface area contributed by atoms with Gasteiger partial charge in [0, 0.05) is 6.04 Å². The molecule has 64 valence electrons. The van der Waals surface area contributed by atoms with Crippen molar-refractivity contribution in [1.29, 1.82) is 0 Å². The van der Waals surface area contributed by atoms with E-state index in [0.29, 0.717) is 18.1 Å². The van der Waals surface area contributed by atoms with Crippen LogP contribution in [-0.4, -0.2) is 24.3 Å². The number of aliphatic hydroxyl groups excluding tert-OH is 1. The molecule has 1 aliphatic heterocycles. The quantitative estimate of drug-likeness (QED) is 0.586. The van der Waals surface area contributed by atoms with Gasteiger partial charge in [-0.3, -0.25) is 0 Å². The summed E-state index contributed by atoms with van der Waals surface area (Å²) in [6.45, 7) is 3.75. The lowest BCUT2D eigenvalue weighted by Crippen LogP contribution is -2.49. The Bertz CT molecular complexity index is 160. The summed E-state index contributed by atoms with van der Waals surface area (Å²) >= 11 is 0. The summed E-state index contributed by atoms with van der Waals surface area (Å²) in [5, 5.41) is 12.5. The van der Waals surface area contributed by atoms with E-state index >= 15 is 0 Å². The van der Waals surface area contributed by atoms with Crippen LogP contribution in [0.5, 0.6) is 0 Å². The molecule has 3 unspecified atom stereocenters. The fraction of sp³-hybridized carbons (Fsp3) is 1.00. The van der Waals surface area contributed by atoms with Gasteiger partial charge in [0.15, 0.2) is 0 Å². The highest BCUT2D eigenvalue weighted by atomic mass is 16.3. The molecule has 2 N–H and O–H groups in total. The Kier molecular flexibility index (Phi) is 1.69. The van der Waals surface area contributed by atoms with E-state index in [0.717, 1.165) is 12.5 Å². The van der Waals surface area contributed by atoms with Crippen molar-refractivity contribution in [3.63, 3.8) is 0 Å². The SMILES string of the molecule is CC1CCC12CCNC2CO. The smallest absolute Gasteiger partial charge is 0.0590 e. The lowest BCUT2D eigenvalue weighted by Gasteiger charge is -2.49. The molecule has 1 heterocycles. The van der Waals surface area contributed by atoms with Crippen LogP contribution >= 0.6 is 0 Å². The van der Waals surface area contributed by atoms with E-state index in [9.17, 15) is 0 Å². The Morgan fingerprint density at radius 2 is 2.36 bits per heavy atom. The van der Waals surface area contributed by atoms with Crippen LogP contribution in [0.3, 0.4) is 0 Å². The van der Waals surface area contributed by atoms with Gasteiger partial charge >= 0.3 is 0 Å². The highest BCUT2D eigenvalue weighted by Gasteiger charge is 2.51. The first-order valence-electron chi connectivity index (χ1n) is 4.64. The molecule has 1 saturated heterocycles. The van der Waals surface area contributed by atoms with E-state index in [2.05, 4.69) is 12.2 Å². The van der Waals surface area contributed by atoms with Gasteiger partial charge in [-0.2, -0.15) is 0 Å². The van der Waals surface area contributed by atoms with Gasteiger partial charge in [-0.1, -0.05) is 6.92 Å². The second kappa shape index (κ2) is 2.46. The monoisotopic (exact) mass is 155 g/mol. The number of aliphatic hydroxyl groups is 1. The van der Waals surface area contributed by atoms with Crippen LogP contribution in [0.15, 0.2) is 0 Å². The van der Waals surface area contributed by atoms with Gasteiger partial charge in [-0.15, -0.1) is 0 Å². The minimum atomic E-state index is 0.324. The topological polar surface area (TPSA) is 32.3 Å². The Morgan fingerprint density at radius 1 is 1.55 bits per heavy atom. The van der Waals surface area contributed by atoms with Gasteiger partial charge in [0.2, 0.25) is 0 Å². The maximum Gasteiger partial charge on any atom is 0.0590 e. The molecule has 0 aromatic rings. The highest BCUT2D eigenvalue weighted by Crippen LogP contribution is 2.53. The number of rotatable bonds is 1. The molecule has 3 atom stereocenters. The first-order valence-corrected chi connectivity index (χ1v) is 4.64. The van der Waals surface area contributed by atoms with Crippen molar-refractivity contribution in [1.82, 2.24) is 5.32 Å². The summed E-state index contributed by atoms with van der Waals surface area (Å²) in [7, 11) is 0. The Morgan fingerprint density at radius 3 is 2.73 bits per heavy atom. The second-order valence-electron chi connectivity index (χ2n) is 4.11. The van der Waals surface area contributed by atoms with E-state index in [-0.39, 0.29) is 0 Å². The lowest BCUT2D eigenvalue weighted by atomic mass is 9.57. The van der Waals surface area contributed by atoms with Gasteiger partial charge in [-0.05, 0) is 37.1 Å². The molecule has 2 rings (SSSR count). The third-order valence-electron chi connectivity index (χ3n) is 3.88. The van der Waals surface area contributed by atoms with Crippen LogP contribution in [0, 0.1) is 11.3 Å². The summed E-state index contributed by atoms with van der Waals surface area (Å²) < 4.78 is 0. The van der Waals surface area contributed by atoms with Crippen molar-refractivity contribution >= 4 is 0 Å². The van der Waals surface area contributed by atoms with E-state index in [1.165, 1.54) is 19.3 Å². The predicted octanol–water partition coefficient (Wildman–Crippen LogP) is 0.757. The number of hydrogen-bond acceptors (Lipinski definition) is 2. The largest absolute Gasteiger partial charge is 0.395 e. The van der Waals surface area contributed by atoms with Gasteiger partial charge in [0.05, 0.1) is 6.61 Å². The van der Waals surface area contributed by atoms with E-state index < -0.39 is 0 Å². The Balaban J connectivity index is 2.10. The average molecular weight is 155 g/mol.